The maximum Gasteiger partial charge on any atom is 0.213 e. The van der Waals surface area contributed by atoms with Crippen LogP contribution < -0.4 is 4.74 Å². The van der Waals surface area contributed by atoms with Crippen LogP contribution in [-0.4, -0.2) is 53.5 Å². The third-order valence-electron chi connectivity index (χ3n) is 5.83. The molecule has 0 aliphatic carbocycles. The first kappa shape index (κ1) is 19.9. The number of piperidine rings is 3. The van der Waals surface area contributed by atoms with Crippen molar-refractivity contribution in [2.24, 2.45) is 5.92 Å². The molecule has 1 atom stereocenters. The molecule has 0 radical (unpaired) electrons. The molecule has 1 N–H and O–H groups in total. The fraction of sp³-hybridized carbons (Fsp3) is 0.458. The Morgan fingerprint density at radius 2 is 1.97 bits per heavy atom. The molecule has 4 heterocycles. The van der Waals surface area contributed by atoms with Gasteiger partial charge in [0.2, 0.25) is 5.88 Å². The topological polar surface area (TPSA) is 45.6 Å². The van der Waals surface area contributed by atoms with E-state index >= 15 is 0 Å². The summed E-state index contributed by atoms with van der Waals surface area (Å²) in [4.78, 5) is 6.93. The van der Waals surface area contributed by atoms with Gasteiger partial charge < -0.3 is 9.84 Å². The summed E-state index contributed by atoms with van der Waals surface area (Å²) < 4.78 is 17.9. The van der Waals surface area contributed by atoms with Gasteiger partial charge >= 0.3 is 0 Å². The van der Waals surface area contributed by atoms with Crippen molar-refractivity contribution in [3.8, 4) is 17.7 Å². The molecule has 3 aliphatic heterocycles. The van der Waals surface area contributed by atoms with Crippen LogP contribution in [0.15, 0.2) is 42.5 Å². The van der Waals surface area contributed by atoms with Crippen molar-refractivity contribution in [1.29, 1.82) is 0 Å². The van der Waals surface area contributed by atoms with Gasteiger partial charge in [0, 0.05) is 36.9 Å². The highest BCUT2D eigenvalue weighted by Crippen LogP contribution is 2.35. The van der Waals surface area contributed by atoms with Crippen LogP contribution in [0.5, 0.6) is 5.88 Å². The average molecular weight is 394 g/mol. The molecule has 5 rings (SSSR count). The van der Waals surface area contributed by atoms with Gasteiger partial charge in [0.15, 0.2) is 0 Å². The minimum atomic E-state index is -0.948. The van der Waals surface area contributed by atoms with Gasteiger partial charge in [-0.15, -0.1) is 0 Å². The highest BCUT2D eigenvalue weighted by Gasteiger charge is 2.44. The van der Waals surface area contributed by atoms with E-state index in [4.69, 9.17) is 4.74 Å². The maximum absolute atomic E-state index is 12.4. The Morgan fingerprint density at radius 3 is 2.66 bits per heavy atom. The molecule has 2 bridgehead atoms. The molecular formula is C24H27FN2O2. The first-order chi connectivity index (χ1) is 14.2. The van der Waals surface area contributed by atoms with Crippen molar-refractivity contribution in [3.63, 3.8) is 0 Å². The van der Waals surface area contributed by atoms with Crippen LogP contribution >= 0.6 is 0 Å². The van der Waals surface area contributed by atoms with E-state index in [9.17, 15) is 9.50 Å². The number of alkyl halides is 1. The monoisotopic (exact) mass is 394 g/mol. The third kappa shape index (κ3) is 4.77. The predicted molar refractivity (Wildman–Crippen MR) is 111 cm³/mol. The van der Waals surface area contributed by atoms with Crippen LogP contribution in [0.3, 0.4) is 0 Å². The molecule has 3 saturated heterocycles. The summed E-state index contributed by atoms with van der Waals surface area (Å²) in [6.45, 7) is 2.63. The van der Waals surface area contributed by atoms with Gasteiger partial charge in [-0.1, -0.05) is 42.2 Å². The Balaban J connectivity index is 1.60. The molecule has 29 heavy (non-hydrogen) atoms. The summed E-state index contributed by atoms with van der Waals surface area (Å²) in [5, 5.41) is 11.1. The number of nitrogens with zero attached hydrogens (tertiary/aromatic N) is 2. The quantitative estimate of drug-likeness (QED) is 0.604. The summed E-state index contributed by atoms with van der Waals surface area (Å²) >= 11 is 0. The van der Waals surface area contributed by atoms with Crippen LogP contribution in [0.2, 0.25) is 0 Å². The minimum absolute atomic E-state index is 0.244. The Labute approximate surface area is 171 Å². The highest BCUT2D eigenvalue weighted by atomic mass is 19.1. The summed E-state index contributed by atoms with van der Waals surface area (Å²) in [6, 6.07) is 13.8. The van der Waals surface area contributed by atoms with Gasteiger partial charge in [-0.25, -0.2) is 4.98 Å². The zero-order valence-electron chi connectivity index (χ0n) is 16.6. The lowest BCUT2D eigenvalue weighted by molar-refractivity contribution is -0.0713. The van der Waals surface area contributed by atoms with Gasteiger partial charge in [-0.3, -0.25) is 9.29 Å². The molecular weight excluding hydrogens is 367 g/mol. The molecule has 3 fully saturated rings. The van der Waals surface area contributed by atoms with Crippen molar-refractivity contribution in [2.75, 3.05) is 32.9 Å². The fourth-order valence-electron chi connectivity index (χ4n) is 4.19. The molecule has 5 heteroatoms. The molecule has 2 aromatic rings. The fourth-order valence-corrected chi connectivity index (χ4v) is 4.19. The molecule has 0 spiro atoms. The number of fused-ring (bicyclic) bond motifs is 3. The Bertz CT molecular complexity index is 885. The smallest absolute Gasteiger partial charge is 0.213 e. The number of rotatable bonds is 6. The molecule has 0 saturated carbocycles. The predicted octanol–water partition coefficient (Wildman–Crippen LogP) is 3.22. The van der Waals surface area contributed by atoms with E-state index in [0.717, 1.165) is 42.8 Å². The number of hydrogen-bond acceptors (Lipinski definition) is 4. The van der Waals surface area contributed by atoms with E-state index in [1.807, 2.05) is 24.3 Å². The summed E-state index contributed by atoms with van der Waals surface area (Å²) in [5.74, 6) is 7.12. The lowest BCUT2D eigenvalue weighted by Gasteiger charge is -2.47. The number of ether oxygens (including phenoxy) is 1. The number of pyridine rings is 1. The van der Waals surface area contributed by atoms with Crippen molar-refractivity contribution in [2.45, 2.75) is 31.3 Å². The van der Waals surface area contributed by atoms with Gasteiger partial charge in [0.05, 0.1) is 19.0 Å². The first-order valence-electron chi connectivity index (χ1n) is 10.4. The van der Waals surface area contributed by atoms with E-state index < -0.39 is 12.3 Å². The van der Waals surface area contributed by atoms with E-state index in [1.165, 1.54) is 0 Å². The number of benzene rings is 1. The zero-order chi connectivity index (χ0) is 20.1. The van der Waals surface area contributed by atoms with Crippen molar-refractivity contribution in [3.05, 3.63) is 59.3 Å². The van der Waals surface area contributed by atoms with Crippen molar-refractivity contribution >= 4 is 0 Å². The Hall–Kier alpha value is -2.42. The summed E-state index contributed by atoms with van der Waals surface area (Å²) in [7, 11) is 0. The first-order valence-corrected chi connectivity index (χ1v) is 10.4. The number of aliphatic hydroxyl groups is 1. The number of halogens is 1. The van der Waals surface area contributed by atoms with E-state index in [-0.39, 0.29) is 5.92 Å². The van der Waals surface area contributed by atoms with Gasteiger partial charge in [0.25, 0.3) is 0 Å². The van der Waals surface area contributed by atoms with Gasteiger partial charge in [-0.05, 0) is 37.6 Å². The number of aromatic nitrogens is 1. The molecule has 1 aromatic heterocycles. The van der Waals surface area contributed by atoms with Crippen molar-refractivity contribution in [1.82, 2.24) is 9.88 Å². The summed E-state index contributed by atoms with van der Waals surface area (Å²) in [5.41, 5.74) is 1.80. The molecule has 3 aliphatic rings. The van der Waals surface area contributed by atoms with E-state index in [1.54, 1.807) is 6.07 Å². The van der Waals surface area contributed by atoms with Gasteiger partial charge in [-0.2, -0.15) is 0 Å². The lowest BCUT2D eigenvalue weighted by Crippen LogP contribution is -2.58. The zero-order valence-corrected chi connectivity index (χ0v) is 16.6. The summed E-state index contributed by atoms with van der Waals surface area (Å²) in [6.07, 6.45) is 2.98. The van der Waals surface area contributed by atoms with Crippen LogP contribution in [0.4, 0.5) is 4.39 Å². The van der Waals surface area contributed by atoms with Crippen LogP contribution in [0, 0.1) is 17.8 Å². The lowest BCUT2D eigenvalue weighted by atomic mass is 9.75. The molecule has 0 amide bonds. The van der Waals surface area contributed by atoms with E-state index in [0.29, 0.717) is 31.9 Å². The second-order valence-electron chi connectivity index (χ2n) is 7.92. The SMILES string of the molecule is O[C@]1(C#Cc2ccc(OCCCF)nc2Cc2ccccc2)CN2CCC1CC2. The van der Waals surface area contributed by atoms with Crippen molar-refractivity contribution < 1.29 is 14.2 Å². The maximum atomic E-state index is 12.4. The molecule has 4 nitrogen and oxygen atoms in total. The molecule has 0 unspecified atom stereocenters. The Morgan fingerprint density at radius 1 is 1.17 bits per heavy atom. The number of hydrogen-bond donors (Lipinski definition) is 1. The average Bonchev–Trinajstić information content (AvgIpc) is 2.75. The minimum Gasteiger partial charge on any atom is -0.478 e. The standard InChI is InChI=1S/C24H27FN2O2/c25-13-4-16-29-23-8-7-20(22(26-23)17-19-5-2-1-3-6-19)9-12-24(28)18-27-14-10-21(24)11-15-27/h1-3,5-8,21,28H,4,10-11,13-18H2/t24-/m1/s1. The molecule has 1 aromatic carbocycles. The van der Waals surface area contributed by atoms with Crippen LogP contribution in [0.25, 0.3) is 0 Å². The second kappa shape index (κ2) is 8.94. The van der Waals surface area contributed by atoms with Crippen LogP contribution in [-0.2, 0) is 6.42 Å². The normalized spacial score (nSPS) is 25.3. The van der Waals surface area contributed by atoms with Gasteiger partial charge in [0.1, 0.15) is 5.60 Å². The third-order valence-corrected chi connectivity index (χ3v) is 5.83. The second-order valence-corrected chi connectivity index (χ2v) is 7.92. The largest absolute Gasteiger partial charge is 0.478 e. The van der Waals surface area contributed by atoms with E-state index in [2.05, 4.69) is 33.9 Å². The Kier molecular flexibility index (Phi) is 6.13. The van der Waals surface area contributed by atoms with Crippen LogP contribution in [0.1, 0.15) is 36.1 Å². The highest BCUT2D eigenvalue weighted by molar-refractivity contribution is 5.44. The molecule has 152 valence electrons.